The lowest BCUT2D eigenvalue weighted by Crippen LogP contribution is -1.98. The van der Waals surface area contributed by atoms with E-state index in [0.717, 1.165) is 133 Å². The lowest BCUT2D eigenvalue weighted by molar-refractivity contribution is 1.17. The van der Waals surface area contributed by atoms with Gasteiger partial charge in [0, 0.05) is 85.9 Å². The second-order valence-electron chi connectivity index (χ2n) is 28.0. The molecule has 21 aromatic rings. The molecule has 0 spiro atoms. The summed E-state index contributed by atoms with van der Waals surface area (Å²) in [6.45, 7) is 0. The van der Waals surface area contributed by atoms with Crippen LogP contribution in [0.3, 0.4) is 0 Å². The van der Waals surface area contributed by atoms with Crippen LogP contribution in [0.15, 0.2) is 421 Å². The molecule has 0 saturated heterocycles. The maximum absolute atomic E-state index is 5.47. The molecule has 0 bridgehead atoms. The average molecular weight is 1580 g/mol. The van der Waals surface area contributed by atoms with Gasteiger partial charge in [-0.05, 0) is 178 Å². The largest absolute Gasteiger partial charge is 0.355 e. The summed E-state index contributed by atoms with van der Waals surface area (Å²) in [6, 6.07) is 145. The lowest BCUT2D eigenvalue weighted by Gasteiger charge is -2.15. The molecule has 0 aliphatic carbocycles. The third-order valence-corrected chi connectivity index (χ3v) is 21.9. The second-order valence-corrected chi connectivity index (χ2v) is 29.9. The summed E-state index contributed by atoms with van der Waals surface area (Å²) in [4.78, 5) is 24.6. The smallest absolute Gasteiger partial charge is 0.0900 e. The van der Waals surface area contributed by atoms with Gasteiger partial charge in [0.05, 0.1) is 67.6 Å². The zero-order valence-corrected chi connectivity index (χ0v) is 64.4. The third-order valence-electron chi connectivity index (χ3n) is 20.9. The van der Waals surface area contributed by atoms with E-state index in [9.17, 15) is 0 Å². The van der Waals surface area contributed by atoms with E-state index in [2.05, 4.69) is 422 Å². The maximum atomic E-state index is 5.47. The maximum Gasteiger partial charge on any atom is 0.0900 e. The molecule has 0 aliphatic rings. The van der Waals surface area contributed by atoms with Gasteiger partial charge >= 0.3 is 0 Å². The number of aromatic nitrogens is 7. The molecule has 14 aromatic carbocycles. The minimum absolute atomic E-state index is 0.807. The Hall–Kier alpha value is -14.0. The van der Waals surface area contributed by atoms with E-state index < -0.39 is 0 Å². The zero-order chi connectivity index (χ0) is 75.6. The van der Waals surface area contributed by atoms with Crippen molar-refractivity contribution in [1.82, 2.24) is 34.1 Å². The number of H-pyrrole nitrogens is 1. The molecule has 7 nitrogen and oxygen atoms in total. The summed E-state index contributed by atoms with van der Waals surface area (Å²) in [7, 11) is 0. The molecule has 0 amide bonds. The Morgan fingerprint density at radius 1 is 0.177 bits per heavy atom. The van der Waals surface area contributed by atoms with Gasteiger partial charge in [0.15, 0.2) is 0 Å². The van der Waals surface area contributed by atoms with Crippen LogP contribution >= 0.6 is 31.9 Å². The van der Waals surface area contributed by atoms with Crippen molar-refractivity contribution in [2.75, 3.05) is 0 Å². The van der Waals surface area contributed by atoms with Crippen molar-refractivity contribution in [3.05, 3.63) is 421 Å². The molecule has 0 radical (unpaired) electrons. The van der Waals surface area contributed by atoms with Crippen LogP contribution in [0.25, 0.3) is 189 Å². The SMILES string of the molecule is Brc1cccc(-c2cc(-c3ccccc3)cc(-c3cc(-c4ccccc4)cc(-c4cccc(Br)c4)n3)n2)c1.c1ccc(-c2cc(-c3cccc(-n4c5ccccc5c5ccccc54)c3)nc(-c3cc(-c4ccccc4)cc(-c4cccc(-n5c6ccccc6c6ccccc65)c4)n3)c2)cc1.c1ccc2c(c1)[nH]c1ccccc12. The van der Waals surface area contributed by atoms with Gasteiger partial charge in [-0.25, -0.2) is 19.9 Å². The van der Waals surface area contributed by atoms with E-state index >= 15 is 0 Å². The number of halogens is 2. The van der Waals surface area contributed by atoms with Crippen LogP contribution in [-0.4, -0.2) is 34.1 Å². The van der Waals surface area contributed by atoms with Crippen molar-refractivity contribution in [2.24, 2.45) is 0 Å². The fraction of sp³-hybridized carbons (Fsp3) is 0. The van der Waals surface area contributed by atoms with Gasteiger partial charge in [-0.1, -0.05) is 311 Å². The molecule has 7 heterocycles. The summed E-state index contributed by atoms with van der Waals surface area (Å²) < 4.78 is 6.76. The number of hydrogen-bond acceptors (Lipinski definition) is 4. The van der Waals surface area contributed by atoms with E-state index in [1.165, 1.54) is 65.4 Å². The summed E-state index contributed by atoms with van der Waals surface area (Å²) in [5.41, 5.74) is 29.2. The molecule has 0 unspecified atom stereocenters. The number of hydrogen-bond donors (Lipinski definition) is 1. The molecular formula is C104H69Br2N7. The van der Waals surface area contributed by atoms with Gasteiger partial charge in [0.25, 0.3) is 0 Å². The van der Waals surface area contributed by atoms with Gasteiger partial charge in [0.1, 0.15) is 0 Å². The number of nitrogens with zero attached hydrogens (tertiary/aromatic N) is 6. The number of aromatic amines is 1. The van der Waals surface area contributed by atoms with Crippen molar-refractivity contribution in [3.8, 4) is 124 Å². The van der Waals surface area contributed by atoms with Crippen LogP contribution in [0.2, 0.25) is 0 Å². The first kappa shape index (κ1) is 69.5. The summed E-state index contributed by atoms with van der Waals surface area (Å²) in [6.07, 6.45) is 0. The lowest BCUT2D eigenvalue weighted by atomic mass is 9.98. The Morgan fingerprint density at radius 3 is 0.699 bits per heavy atom. The van der Waals surface area contributed by atoms with Crippen LogP contribution in [0.5, 0.6) is 0 Å². The molecule has 21 rings (SSSR count). The number of benzene rings is 14. The molecule has 0 saturated carbocycles. The molecule has 534 valence electrons. The van der Waals surface area contributed by atoms with Crippen LogP contribution < -0.4 is 0 Å². The fourth-order valence-corrected chi connectivity index (χ4v) is 16.3. The van der Waals surface area contributed by atoms with Crippen molar-refractivity contribution in [2.45, 2.75) is 0 Å². The molecular weight excluding hydrogens is 1510 g/mol. The van der Waals surface area contributed by atoms with E-state index in [1.54, 1.807) is 0 Å². The number of nitrogens with one attached hydrogen (secondary N) is 1. The van der Waals surface area contributed by atoms with Crippen molar-refractivity contribution >= 4 is 97.3 Å². The fourth-order valence-electron chi connectivity index (χ4n) is 15.5. The Labute approximate surface area is 671 Å². The van der Waals surface area contributed by atoms with E-state index in [-0.39, 0.29) is 0 Å². The Morgan fingerprint density at radius 2 is 0.407 bits per heavy atom. The van der Waals surface area contributed by atoms with Gasteiger partial charge in [-0.3, -0.25) is 0 Å². The highest BCUT2D eigenvalue weighted by molar-refractivity contribution is 9.10. The predicted molar refractivity (Wildman–Crippen MR) is 478 cm³/mol. The summed E-state index contributed by atoms with van der Waals surface area (Å²) in [5, 5.41) is 7.55. The van der Waals surface area contributed by atoms with Crippen LogP contribution in [-0.2, 0) is 0 Å². The molecule has 0 fully saturated rings. The first-order valence-electron chi connectivity index (χ1n) is 37.8. The minimum Gasteiger partial charge on any atom is -0.355 e. The van der Waals surface area contributed by atoms with Gasteiger partial charge in [-0.15, -0.1) is 0 Å². The van der Waals surface area contributed by atoms with Gasteiger partial charge in [0.2, 0.25) is 0 Å². The van der Waals surface area contributed by atoms with Crippen molar-refractivity contribution in [3.63, 3.8) is 0 Å². The Kier molecular flexibility index (Phi) is 19.0. The van der Waals surface area contributed by atoms with Gasteiger partial charge < -0.3 is 14.1 Å². The first-order chi connectivity index (χ1) is 55.8. The predicted octanol–water partition coefficient (Wildman–Crippen LogP) is 28.7. The Balaban J connectivity index is 0.000000141. The van der Waals surface area contributed by atoms with Crippen LogP contribution in [0, 0.1) is 0 Å². The molecule has 0 atom stereocenters. The number of rotatable bonds is 12. The quantitative estimate of drug-likeness (QED) is 0.132. The Bertz CT molecular complexity index is 6560. The number of pyridine rings is 4. The number of para-hydroxylation sites is 6. The third kappa shape index (κ3) is 14.2. The minimum atomic E-state index is 0.807. The molecule has 113 heavy (non-hydrogen) atoms. The van der Waals surface area contributed by atoms with Crippen LogP contribution in [0.1, 0.15) is 0 Å². The van der Waals surface area contributed by atoms with E-state index in [1.807, 2.05) is 36.4 Å². The summed E-state index contributed by atoms with van der Waals surface area (Å²) >= 11 is 7.24. The second kappa shape index (κ2) is 30.8. The highest BCUT2D eigenvalue weighted by Gasteiger charge is 2.20. The standard InChI is InChI=1S/C58H38N4.C34H22Br2N2.C12H9N/c1-3-17-39(18-4-1)43-35-51(41-21-15-23-45(33-41)61-55-29-11-7-25-47(55)48-26-8-12-30-56(48)61)59-53(37-43)54-38-44(40-19-5-2-6-20-40)36-52(60-54)42-22-16-24-46(34-42)62-57-31-13-9-27-49(57)50-28-10-14-32-58(50)62;35-29-15-7-13-25(17-29)31-19-27(23-9-3-1-4-10-23)21-33(37-31)34-22-28(24-11-5-2-6-12-24)20-32(38-34)26-14-8-16-30(36)18-26;1-3-7-11-9(5-1)10-6-2-4-8-12(10)13-11/h1-38H;1-22H;1-8,13H. The molecule has 7 aromatic heterocycles. The normalized spacial score (nSPS) is 11.3. The highest BCUT2D eigenvalue weighted by Crippen LogP contribution is 2.41. The first-order valence-corrected chi connectivity index (χ1v) is 39.4. The molecule has 1 N–H and O–H groups in total. The number of fused-ring (bicyclic) bond motifs is 9. The van der Waals surface area contributed by atoms with Crippen LogP contribution in [0.4, 0.5) is 0 Å². The van der Waals surface area contributed by atoms with E-state index in [0.29, 0.717) is 0 Å². The van der Waals surface area contributed by atoms with Crippen molar-refractivity contribution < 1.29 is 0 Å². The van der Waals surface area contributed by atoms with E-state index in [4.69, 9.17) is 19.9 Å². The molecule has 9 heteroatoms. The highest BCUT2D eigenvalue weighted by atomic mass is 79.9. The summed E-state index contributed by atoms with van der Waals surface area (Å²) in [5.74, 6) is 0. The topological polar surface area (TPSA) is 77.2 Å². The molecule has 0 aliphatic heterocycles. The van der Waals surface area contributed by atoms with Crippen molar-refractivity contribution in [1.29, 1.82) is 0 Å². The average Bonchev–Trinajstić information content (AvgIpc) is 1.57. The monoisotopic (exact) mass is 1570 g/mol. The zero-order valence-electron chi connectivity index (χ0n) is 61.2. The van der Waals surface area contributed by atoms with Gasteiger partial charge in [-0.2, -0.15) is 0 Å².